The van der Waals surface area contributed by atoms with Crippen LogP contribution in [-0.2, 0) is 0 Å². The Morgan fingerprint density at radius 1 is 1.17 bits per heavy atom. The number of hydrogen-bond acceptors (Lipinski definition) is 6. The Bertz CT molecular complexity index is 859. The van der Waals surface area contributed by atoms with E-state index in [1.807, 2.05) is 25.1 Å². The number of phenolic OH excluding ortho intramolecular Hbond substituents is 1. The molecule has 116 valence electrons. The molecule has 2 aromatic carbocycles. The first-order valence-corrected chi connectivity index (χ1v) is 7.79. The number of phenols is 1. The van der Waals surface area contributed by atoms with Gasteiger partial charge in [0.15, 0.2) is 11.5 Å². The third-order valence-corrected chi connectivity index (χ3v) is 4.12. The summed E-state index contributed by atoms with van der Waals surface area (Å²) in [7, 11) is 1.51. The smallest absolute Gasteiger partial charge is 0.231 e. The van der Waals surface area contributed by atoms with Crippen LogP contribution in [0.2, 0.25) is 0 Å². The molecule has 0 radical (unpaired) electrons. The number of para-hydroxylation sites is 1. The molecule has 3 rings (SSSR count). The molecule has 0 unspecified atom stereocenters. The molecule has 1 heterocycles. The Kier molecular flexibility index (Phi) is 4.34. The molecule has 6 heteroatoms. The van der Waals surface area contributed by atoms with E-state index in [1.54, 1.807) is 24.4 Å². The SMILES string of the molecule is COc1cccc(C=Nc2nnc(-c3cccc(C)c3)s2)c1O. The van der Waals surface area contributed by atoms with Crippen molar-refractivity contribution in [2.45, 2.75) is 6.92 Å². The first-order valence-electron chi connectivity index (χ1n) is 6.98. The van der Waals surface area contributed by atoms with E-state index in [4.69, 9.17) is 4.74 Å². The molecule has 0 atom stereocenters. The van der Waals surface area contributed by atoms with Gasteiger partial charge in [0.05, 0.1) is 7.11 Å². The molecule has 1 aromatic heterocycles. The van der Waals surface area contributed by atoms with Crippen LogP contribution in [0.1, 0.15) is 11.1 Å². The first kappa shape index (κ1) is 15.2. The van der Waals surface area contributed by atoms with Crippen LogP contribution in [0.15, 0.2) is 47.5 Å². The summed E-state index contributed by atoms with van der Waals surface area (Å²) in [5.41, 5.74) is 2.76. The zero-order valence-electron chi connectivity index (χ0n) is 12.7. The molecule has 5 nitrogen and oxygen atoms in total. The number of methoxy groups -OCH3 is 1. The Morgan fingerprint density at radius 2 is 2.00 bits per heavy atom. The summed E-state index contributed by atoms with van der Waals surface area (Å²) in [5, 5.41) is 19.6. The maximum Gasteiger partial charge on any atom is 0.231 e. The van der Waals surface area contributed by atoms with E-state index in [2.05, 4.69) is 21.3 Å². The van der Waals surface area contributed by atoms with E-state index in [0.29, 0.717) is 16.4 Å². The zero-order chi connectivity index (χ0) is 16.2. The molecule has 0 amide bonds. The Hall–Kier alpha value is -2.73. The van der Waals surface area contributed by atoms with Crippen LogP contribution >= 0.6 is 11.3 Å². The maximum absolute atomic E-state index is 10.0. The van der Waals surface area contributed by atoms with Crippen LogP contribution < -0.4 is 4.74 Å². The molecule has 3 aromatic rings. The topological polar surface area (TPSA) is 67.6 Å². The minimum absolute atomic E-state index is 0.0576. The summed E-state index contributed by atoms with van der Waals surface area (Å²) in [5.74, 6) is 0.467. The lowest BCUT2D eigenvalue weighted by Gasteiger charge is -2.04. The number of hydrogen-bond donors (Lipinski definition) is 1. The number of nitrogens with zero attached hydrogens (tertiary/aromatic N) is 3. The average Bonchev–Trinajstić information content (AvgIpc) is 3.03. The summed E-state index contributed by atoms with van der Waals surface area (Å²) < 4.78 is 5.07. The lowest BCUT2D eigenvalue weighted by atomic mass is 10.1. The fourth-order valence-electron chi connectivity index (χ4n) is 2.10. The van der Waals surface area contributed by atoms with Crippen molar-refractivity contribution in [3.8, 4) is 22.1 Å². The van der Waals surface area contributed by atoms with E-state index < -0.39 is 0 Å². The molecular formula is C17H15N3O2S. The van der Waals surface area contributed by atoms with Gasteiger partial charge in [-0.3, -0.25) is 0 Å². The van der Waals surface area contributed by atoms with Gasteiger partial charge < -0.3 is 9.84 Å². The largest absolute Gasteiger partial charge is 0.504 e. The molecule has 0 saturated heterocycles. The average molecular weight is 325 g/mol. The lowest BCUT2D eigenvalue weighted by molar-refractivity contribution is 0.373. The van der Waals surface area contributed by atoms with Gasteiger partial charge >= 0.3 is 0 Å². The third kappa shape index (κ3) is 3.37. The van der Waals surface area contributed by atoms with Gasteiger partial charge in [0.2, 0.25) is 5.13 Å². The van der Waals surface area contributed by atoms with Gasteiger partial charge in [-0.25, -0.2) is 4.99 Å². The number of benzene rings is 2. The second-order valence-electron chi connectivity index (χ2n) is 4.92. The van der Waals surface area contributed by atoms with Crippen molar-refractivity contribution < 1.29 is 9.84 Å². The van der Waals surface area contributed by atoms with Crippen molar-refractivity contribution in [2.24, 2.45) is 4.99 Å². The Morgan fingerprint density at radius 3 is 2.78 bits per heavy atom. The van der Waals surface area contributed by atoms with Crippen molar-refractivity contribution in [2.75, 3.05) is 7.11 Å². The van der Waals surface area contributed by atoms with Crippen molar-refractivity contribution in [3.63, 3.8) is 0 Å². The van der Waals surface area contributed by atoms with Gasteiger partial charge in [0.25, 0.3) is 0 Å². The number of aromatic hydroxyl groups is 1. The standard InChI is InChI=1S/C17H15N3O2S/c1-11-5-3-6-12(9-11)16-19-20-17(23-16)18-10-13-7-4-8-14(22-2)15(13)21/h3-10,21H,1-2H3. The van der Waals surface area contributed by atoms with Crippen LogP contribution in [-0.4, -0.2) is 28.6 Å². The van der Waals surface area contributed by atoms with Crippen LogP contribution in [0.4, 0.5) is 5.13 Å². The first-order chi connectivity index (χ1) is 11.2. The fourth-order valence-corrected chi connectivity index (χ4v) is 2.78. The van der Waals surface area contributed by atoms with E-state index in [-0.39, 0.29) is 5.75 Å². The molecule has 0 saturated carbocycles. The molecule has 0 bridgehead atoms. The summed E-state index contributed by atoms with van der Waals surface area (Å²) in [6, 6.07) is 13.3. The predicted octanol–water partition coefficient (Wildman–Crippen LogP) is 3.98. The fraction of sp³-hybridized carbons (Fsp3) is 0.118. The molecule has 0 spiro atoms. The second kappa shape index (κ2) is 6.58. The lowest BCUT2D eigenvalue weighted by Crippen LogP contribution is -1.88. The van der Waals surface area contributed by atoms with E-state index in [0.717, 1.165) is 10.6 Å². The summed E-state index contributed by atoms with van der Waals surface area (Å²) >= 11 is 1.40. The van der Waals surface area contributed by atoms with Gasteiger partial charge in [0.1, 0.15) is 5.01 Å². The quantitative estimate of drug-likeness (QED) is 0.737. The van der Waals surface area contributed by atoms with E-state index in [9.17, 15) is 5.11 Å². The summed E-state index contributed by atoms with van der Waals surface area (Å²) in [4.78, 5) is 4.29. The Labute approximate surface area is 137 Å². The minimum atomic E-state index is 0.0576. The van der Waals surface area contributed by atoms with E-state index in [1.165, 1.54) is 24.0 Å². The van der Waals surface area contributed by atoms with E-state index >= 15 is 0 Å². The van der Waals surface area contributed by atoms with Crippen LogP contribution in [0.25, 0.3) is 10.6 Å². The second-order valence-corrected chi connectivity index (χ2v) is 5.87. The van der Waals surface area contributed by atoms with Crippen molar-refractivity contribution >= 4 is 22.7 Å². The zero-order valence-corrected chi connectivity index (χ0v) is 13.5. The minimum Gasteiger partial charge on any atom is -0.504 e. The van der Waals surface area contributed by atoms with Crippen molar-refractivity contribution in [1.82, 2.24) is 10.2 Å². The van der Waals surface area contributed by atoms with Gasteiger partial charge in [-0.2, -0.15) is 0 Å². The summed E-state index contributed by atoms with van der Waals surface area (Å²) in [6.07, 6.45) is 1.55. The van der Waals surface area contributed by atoms with Crippen molar-refractivity contribution in [3.05, 3.63) is 53.6 Å². The van der Waals surface area contributed by atoms with Gasteiger partial charge in [-0.15, -0.1) is 10.2 Å². The predicted molar refractivity (Wildman–Crippen MR) is 92.0 cm³/mol. The number of aromatic nitrogens is 2. The van der Waals surface area contributed by atoms with Crippen molar-refractivity contribution in [1.29, 1.82) is 0 Å². The highest BCUT2D eigenvalue weighted by Crippen LogP contribution is 2.30. The molecule has 1 N–H and O–H groups in total. The molecule has 0 aliphatic rings. The van der Waals surface area contributed by atoms with Gasteiger partial charge in [-0.1, -0.05) is 41.2 Å². The molecular weight excluding hydrogens is 310 g/mol. The normalized spacial score (nSPS) is 11.0. The monoisotopic (exact) mass is 325 g/mol. The summed E-state index contributed by atoms with van der Waals surface area (Å²) in [6.45, 7) is 2.04. The molecule has 0 fully saturated rings. The third-order valence-electron chi connectivity index (χ3n) is 3.24. The Balaban J connectivity index is 1.84. The van der Waals surface area contributed by atoms with Gasteiger partial charge in [-0.05, 0) is 25.1 Å². The number of ether oxygens (including phenoxy) is 1. The highest BCUT2D eigenvalue weighted by Gasteiger charge is 2.07. The number of aryl methyl sites for hydroxylation is 1. The highest BCUT2D eigenvalue weighted by atomic mass is 32.1. The maximum atomic E-state index is 10.0. The number of rotatable bonds is 4. The van der Waals surface area contributed by atoms with Crippen LogP contribution in [0.5, 0.6) is 11.5 Å². The molecule has 0 aliphatic heterocycles. The van der Waals surface area contributed by atoms with Gasteiger partial charge in [0, 0.05) is 17.3 Å². The molecule has 23 heavy (non-hydrogen) atoms. The highest BCUT2D eigenvalue weighted by molar-refractivity contribution is 7.18. The number of aliphatic imine (C=N–C) groups is 1. The van der Waals surface area contributed by atoms with Crippen LogP contribution in [0.3, 0.4) is 0 Å². The molecule has 0 aliphatic carbocycles. The van der Waals surface area contributed by atoms with Crippen LogP contribution in [0, 0.1) is 6.92 Å².